The van der Waals surface area contributed by atoms with Crippen molar-refractivity contribution in [1.29, 1.82) is 0 Å². The van der Waals surface area contributed by atoms with Gasteiger partial charge in [-0.05, 0) is 13.8 Å². The lowest BCUT2D eigenvalue weighted by molar-refractivity contribution is -0.146. The maximum absolute atomic E-state index is 5.33. The van der Waals surface area contributed by atoms with Gasteiger partial charge in [0.1, 0.15) is 0 Å². The van der Waals surface area contributed by atoms with Crippen LogP contribution in [0.1, 0.15) is 20.3 Å². The molecule has 0 aliphatic rings. The first-order valence-corrected chi connectivity index (χ1v) is 4.77. The van der Waals surface area contributed by atoms with E-state index in [0.717, 1.165) is 6.42 Å². The van der Waals surface area contributed by atoms with Crippen LogP contribution >= 0.6 is 0 Å². The summed E-state index contributed by atoms with van der Waals surface area (Å²) in [6.45, 7) is 10.1. The fourth-order valence-electron chi connectivity index (χ4n) is 0.933. The highest BCUT2D eigenvalue weighted by atomic mass is 16.7. The Morgan fingerprint density at radius 2 is 1.85 bits per heavy atom. The number of rotatable bonds is 9. The van der Waals surface area contributed by atoms with Crippen LogP contribution in [0.5, 0.6) is 0 Å². The van der Waals surface area contributed by atoms with Crippen LogP contribution < -0.4 is 0 Å². The van der Waals surface area contributed by atoms with Gasteiger partial charge >= 0.3 is 0 Å². The quantitative estimate of drug-likeness (QED) is 0.314. The highest BCUT2D eigenvalue weighted by Crippen LogP contribution is 2.01. The third-order valence-corrected chi connectivity index (χ3v) is 1.44. The van der Waals surface area contributed by atoms with Crippen molar-refractivity contribution in [2.24, 2.45) is 0 Å². The van der Waals surface area contributed by atoms with Gasteiger partial charge in [0.25, 0.3) is 0 Å². The average molecular weight is 188 g/mol. The first-order chi connectivity index (χ1) is 6.35. The zero-order valence-electron chi connectivity index (χ0n) is 8.62. The molecule has 0 saturated heterocycles. The molecule has 0 rings (SSSR count). The normalized spacial score (nSPS) is 10.7. The van der Waals surface area contributed by atoms with E-state index in [1.807, 2.05) is 13.8 Å². The van der Waals surface area contributed by atoms with Crippen LogP contribution in [0, 0.1) is 0 Å². The SMILES string of the molecule is C=CCOCCC(OCC)OCC. The molecule has 0 bridgehead atoms. The standard InChI is InChI=1S/C10H20O3/c1-4-8-11-9-7-10(12-5-2)13-6-3/h4,10H,1,5-9H2,2-3H3. The van der Waals surface area contributed by atoms with Crippen molar-refractivity contribution in [3.63, 3.8) is 0 Å². The predicted octanol–water partition coefficient (Wildman–Crippen LogP) is 1.98. The maximum atomic E-state index is 5.33. The smallest absolute Gasteiger partial charge is 0.159 e. The van der Waals surface area contributed by atoms with E-state index in [9.17, 15) is 0 Å². The van der Waals surface area contributed by atoms with E-state index in [2.05, 4.69) is 6.58 Å². The van der Waals surface area contributed by atoms with Crippen LogP contribution in [0.4, 0.5) is 0 Å². The van der Waals surface area contributed by atoms with Gasteiger partial charge in [0.2, 0.25) is 0 Å². The summed E-state index contributed by atoms with van der Waals surface area (Å²) in [6.07, 6.45) is 2.38. The lowest BCUT2D eigenvalue weighted by Crippen LogP contribution is -2.19. The average Bonchev–Trinajstić information content (AvgIpc) is 2.13. The van der Waals surface area contributed by atoms with Crippen LogP contribution in [0.25, 0.3) is 0 Å². The van der Waals surface area contributed by atoms with Gasteiger partial charge in [0.05, 0.1) is 13.2 Å². The summed E-state index contributed by atoms with van der Waals surface area (Å²) in [5.41, 5.74) is 0. The van der Waals surface area contributed by atoms with Crippen molar-refractivity contribution in [1.82, 2.24) is 0 Å². The van der Waals surface area contributed by atoms with Gasteiger partial charge in [-0.15, -0.1) is 6.58 Å². The van der Waals surface area contributed by atoms with E-state index >= 15 is 0 Å². The molecule has 0 aromatic heterocycles. The molecule has 0 heterocycles. The monoisotopic (exact) mass is 188 g/mol. The summed E-state index contributed by atoms with van der Waals surface area (Å²) in [6, 6.07) is 0. The molecule has 78 valence electrons. The van der Waals surface area contributed by atoms with Crippen LogP contribution in [-0.2, 0) is 14.2 Å². The Morgan fingerprint density at radius 1 is 1.23 bits per heavy atom. The summed E-state index contributed by atoms with van der Waals surface area (Å²) in [7, 11) is 0. The second-order valence-corrected chi connectivity index (χ2v) is 2.49. The van der Waals surface area contributed by atoms with Gasteiger partial charge in [0, 0.05) is 19.6 Å². The summed E-state index contributed by atoms with van der Waals surface area (Å²) >= 11 is 0. The molecule has 0 aromatic carbocycles. The van der Waals surface area contributed by atoms with Crippen molar-refractivity contribution in [3.8, 4) is 0 Å². The lowest BCUT2D eigenvalue weighted by atomic mass is 10.4. The minimum Gasteiger partial charge on any atom is -0.377 e. The Hall–Kier alpha value is -0.380. The first-order valence-electron chi connectivity index (χ1n) is 4.77. The zero-order chi connectivity index (χ0) is 9.94. The summed E-state index contributed by atoms with van der Waals surface area (Å²) in [5, 5.41) is 0. The summed E-state index contributed by atoms with van der Waals surface area (Å²) in [4.78, 5) is 0. The number of ether oxygens (including phenoxy) is 3. The fourth-order valence-corrected chi connectivity index (χ4v) is 0.933. The largest absolute Gasteiger partial charge is 0.377 e. The van der Waals surface area contributed by atoms with Crippen LogP contribution in [-0.4, -0.2) is 32.7 Å². The Balaban J connectivity index is 3.37. The van der Waals surface area contributed by atoms with E-state index in [-0.39, 0.29) is 6.29 Å². The third-order valence-electron chi connectivity index (χ3n) is 1.44. The van der Waals surface area contributed by atoms with E-state index in [1.54, 1.807) is 6.08 Å². The number of hydrogen-bond acceptors (Lipinski definition) is 3. The molecule has 3 nitrogen and oxygen atoms in total. The topological polar surface area (TPSA) is 27.7 Å². The predicted molar refractivity (Wildman–Crippen MR) is 52.7 cm³/mol. The second-order valence-electron chi connectivity index (χ2n) is 2.49. The molecule has 0 amide bonds. The fraction of sp³-hybridized carbons (Fsp3) is 0.800. The van der Waals surface area contributed by atoms with E-state index in [0.29, 0.717) is 26.4 Å². The summed E-state index contributed by atoms with van der Waals surface area (Å²) < 4.78 is 15.9. The minimum absolute atomic E-state index is 0.125. The van der Waals surface area contributed by atoms with Crippen LogP contribution in [0.3, 0.4) is 0 Å². The molecule has 13 heavy (non-hydrogen) atoms. The first kappa shape index (κ1) is 12.6. The van der Waals surface area contributed by atoms with Crippen LogP contribution in [0.15, 0.2) is 12.7 Å². The van der Waals surface area contributed by atoms with E-state index < -0.39 is 0 Å². The second kappa shape index (κ2) is 9.71. The molecular weight excluding hydrogens is 168 g/mol. The molecule has 0 unspecified atom stereocenters. The van der Waals surface area contributed by atoms with Crippen molar-refractivity contribution in [3.05, 3.63) is 12.7 Å². The van der Waals surface area contributed by atoms with Gasteiger partial charge in [-0.3, -0.25) is 0 Å². The zero-order valence-corrected chi connectivity index (χ0v) is 8.62. The molecule has 0 aliphatic heterocycles. The number of hydrogen-bond donors (Lipinski definition) is 0. The van der Waals surface area contributed by atoms with Gasteiger partial charge in [-0.1, -0.05) is 6.08 Å². The molecule has 0 atom stereocenters. The Morgan fingerprint density at radius 3 is 2.31 bits per heavy atom. The molecule has 0 N–H and O–H groups in total. The Kier molecular flexibility index (Phi) is 9.42. The van der Waals surface area contributed by atoms with Crippen molar-refractivity contribution in [2.75, 3.05) is 26.4 Å². The van der Waals surface area contributed by atoms with E-state index in [1.165, 1.54) is 0 Å². The van der Waals surface area contributed by atoms with Gasteiger partial charge in [-0.2, -0.15) is 0 Å². The van der Waals surface area contributed by atoms with Gasteiger partial charge < -0.3 is 14.2 Å². The molecular formula is C10H20O3. The third kappa shape index (κ3) is 7.96. The van der Waals surface area contributed by atoms with E-state index in [4.69, 9.17) is 14.2 Å². The summed E-state index contributed by atoms with van der Waals surface area (Å²) in [5.74, 6) is 0. The minimum atomic E-state index is -0.125. The van der Waals surface area contributed by atoms with Gasteiger partial charge in [-0.25, -0.2) is 0 Å². The molecule has 0 radical (unpaired) electrons. The highest BCUT2D eigenvalue weighted by Gasteiger charge is 2.06. The maximum Gasteiger partial charge on any atom is 0.159 e. The molecule has 0 spiro atoms. The Bertz CT molecular complexity index is 109. The molecule has 0 aliphatic carbocycles. The van der Waals surface area contributed by atoms with Gasteiger partial charge in [0.15, 0.2) is 6.29 Å². The van der Waals surface area contributed by atoms with Crippen LogP contribution in [0.2, 0.25) is 0 Å². The lowest BCUT2D eigenvalue weighted by Gasteiger charge is -2.16. The molecule has 0 fully saturated rings. The molecule has 0 aromatic rings. The Labute approximate surface area is 80.7 Å². The molecule has 0 saturated carbocycles. The van der Waals surface area contributed by atoms with Crippen molar-refractivity contribution < 1.29 is 14.2 Å². The molecule has 3 heteroatoms. The highest BCUT2D eigenvalue weighted by molar-refractivity contribution is 4.63. The van der Waals surface area contributed by atoms with Crippen molar-refractivity contribution >= 4 is 0 Å². The van der Waals surface area contributed by atoms with Crippen molar-refractivity contribution in [2.45, 2.75) is 26.6 Å².